The van der Waals surface area contributed by atoms with Crippen molar-refractivity contribution in [3.63, 3.8) is 0 Å². The fraction of sp³-hybridized carbons (Fsp3) is 0.333. The van der Waals surface area contributed by atoms with E-state index in [1.807, 2.05) is 6.07 Å². The molecule has 6 nitrogen and oxygen atoms in total. The number of nitrogens with one attached hydrogen (secondary N) is 1. The molecule has 0 saturated carbocycles. The van der Waals surface area contributed by atoms with Gasteiger partial charge in [0.1, 0.15) is 6.61 Å². The van der Waals surface area contributed by atoms with Crippen LogP contribution >= 0.6 is 11.8 Å². The third-order valence-electron chi connectivity index (χ3n) is 4.70. The minimum Gasteiger partial charge on any atom is -0.375 e. The Bertz CT molecular complexity index is 872. The van der Waals surface area contributed by atoms with Crippen molar-refractivity contribution in [1.29, 1.82) is 0 Å². The smallest absolute Gasteiger partial charge is 0.288 e. The van der Waals surface area contributed by atoms with E-state index in [1.54, 1.807) is 52.3 Å². The molecule has 160 valence electrons. The van der Waals surface area contributed by atoms with Crippen LogP contribution in [-0.2, 0) is 9.53 Å². The Labute approximate surface area is 178 Å². The van der Waals surface area contributed by atoms with Crippen LogP contribution in [0, 0.1) is 0 Å². The molecule has 0 unspecified atom stereocenters. The van der Waals surface area contributed by atoms with Gasteiger partial charge in [0.05, 0.1) is 11.3 Å². The average molecular weight is 435 g/mol. The summed E-state index contributed by atoms with van der Waals surface area (Å²) in [6, 6.07) is 13.8. The molecule has 1 heterocycles. The number of alkyl halides is 2. The number of para-hydroxylation sites is 1. The Hall–Kier alpha value is -2.65. The Kier molecular flexibility index (Phi) is 7.64. The van der Waals surface area contributed by atoms with E-state index in [2.05, 4.69) is 5.32 Å². The quantitative estimate of drug-likeness (QED) is 0.673. The summed E-state index contributed by atoms with van der Waals surface area (Å²) >= 11 is 0.488. The second-order valence-electron chi connectivity index (χ2n) is 6.68. The monoisotopic (exact) mass is 435 g/mol. The van der Waals surface area contributed by atoms with E-state index in [0.29, 0.717) is 59.8 Å². The molecule has 0 aromatic heterocycles. The molecule has 2 aromatic carbocycles. The van der Waals surface area contributed by atoms with Gasteiger partial charge in [0.25, 0.3) is 11.7 Å². The van der Waals surface area contributed by atoms with Crippen molar-refractivity contribution in [3.8, 4) is 0 Å². The molecule has 0 aliphatic carbocycles. The van der Waals surface area contributed by atoms with Gasteiger partial charge in [-0.1, -0.05) is 23.9 Å². The van der Waals surface area contributed by atoms with Gasteiger partial charge in [0, 0.05) is 43.9 Å². The zero-order valence-electron chi connectivity index (χ0n) is 16.5. The molecule has 9 heteroatoms. The molecule has 1 aliphatic rings. The van der Waals surface area contributed by atoms with Crippen molar-refractivity contribution in [3.05, 3.63) is 54.1 Å². The van der Waals surface area contributed by atoms with Crippen LogP contribution in [0.5, 0.6) is 0 Å². The van der Waals surface area contributed by atoms with Crippen molar-refractivity contribution in [1.82, 2.24) is 9.80 Å². The van der Waals surface area contributed by atoms with Gasteiger partial charge in [-0.25, -0.2) is 0 Å². The number of thioether (sulfide) groups is 1. The van der Waals surface area contributed by atoms with Crippen LogP contribution in [0.3, 0.4) is 0 Å². The number of hydrogen-bond acceptors (Lipinski definition) is 5. The summed E-state index contributed by atoms with van der Waals surface area (Å²) in [5, 5.41) is 3.19. The van der Waals surface area contributed by atoms with E-state index in [0.717, 1.165) is 0 Å². The predicted octanol–water partition coefficient (Wildman–Crippen LogP) is 3.68. The van der Waals surface area contributed by atoms with Gasteiger partial charge in [-0.15, -0.1) is 0 Å². The first-order valence-electron chi connectivity index (χ1n) is 9.45. The molecule has 3 rings (SSSR count). The Morgan fingerprint density at radius 2 is 1.67 bits per heavy atom. The normalized spacial score (nSPS) is 14.1. The first-order valence-corrected chi connectivity index (χ1v) is 10.3. The summed E-state index contributed by atoms with van der Waals surface area (Å²) in [5.74, 6) is -2.67. The molecule has 0 spiro atoms. The lowest BCUT2D eigenvalue weighted by atomic mass is 10.1. The SMILES string of the molecule is COCC(=O)N1CCN(C(=O)c2ccccc2Nc2ccc(SC(F)F)cc2)CC1. The van der Waals surface area contributed by atoms with Gasteiger partial charge in [-0.3, -0.25) is 9.59 Å². The van der Waals surface area contributed by atoms with Crippen molar-refractivity contribution in [2.75, 3.05) is 45.2 Å². The number of hydrogen-bond donors (Lipinski definition) is 1. The number of ether oxygens (including phenoxy) is 1. The molecular formula is C21H23F2N3O3S. The van der Waals surface area contributed by atoms with Crippen LogP contribution in [0.2, 0.25) is 0 Å². The molecule has 1 aliphatic heterocycles. The van der Waals surface area contributed by atoms with E-state index >= 15 is 0 Å². The Morgan fingerprint density at radius 3 is 2.30 bits per heavy atom. The predicted molar refractivity (Wildman–Crippen MR) is 112 cm³/mol. The van der Waals surface area contributed by atoms with Crippen LogP contribution in [0.15, 0.2) is 53.4 Å². The van der Waals surface area contributed by atoms with Crippen molar-refractivity contribution in [2.24, 2.45) is 0 Å². The molecule has 0 atom stereocenters. The fourth-order valence-electron chi connectivity index (χ4n) is 3.20. The summed E-state index contributed by atoms with van der Waals surface area (Å²) in [5.41, 5.74) is 1.85. The third-order valence-corrected chi connectivity index (χ3v) is 5.43. The highest BCUT2D eigenvalue weighted by Crippen LogP contribution is 2.28. The summed E-state index contributed by atoms with van der Waals surface area (Å²) in [7, 11) is 1.48. The summed E-state index contributed by atoms with van der Waals surface area (Å²) in [6.07, 6.45) is 0. The van der Waals surface area contributed by atoms with Crippen LogP contribution in [0.1, 0.15) is 10.4 Å². The van der Waals surface area contributed by atoms with Crippen molar-refractivity contribution in [2.45, 2.75) is 10.7 Å². The van der Waals surface area contributed by atoms with Gasteiger partial charge in [0.2, 0.25) is 5.91 Å². The molecule has 0 radical (unpaired) electrons. The van der Waals surface area contributed by atoms with Crippen molar-refractivity contribution < 1.29 is 23.1 Å². The van der Waals surface area contributed by atoms with Gasteiger partial charge in [-0.2, -0.15) is 8.78 Å². The highest BCUT2D eigenvalue weighted by Gasteiger charge is 2.25. The number of halogens is 2. The summed E-state index contributed by atoms with van der Waals surface area (Å²) in [6.45, 7) is 1.86. The van der Waals surface area contributed by atoms with E-state index in [9.17, 15) is 18.4 Å². The van der Waals surface area contributed by atoms with Crippen LogP contribution in [-0.4, -0.2) is 67.3 Å². The number of piperazine rings is 1. The summed E-state index contributed by atoms with van der Waals surface area (Å²) in [4.78, 5) is 28.9. The molecule has 1 fully saturated rings. The minimum atomic E-state index is -2.47. The number of rotatable bonds is 7. The van der Waals surface area contributed by atoms with E-state index in [-0.39, 0.29) is 18.4 Å². The first kappa shape index (κ1) is 22.0. The number of methoxy groups -OCH3 is 1. The first-order chi connectivity index (χ1) is 14.5. The zero-order valence-corrected chi connectivity index (χ0v) is 17.3. The Morgan fingerprint density at radius 1 is 1.03 bits per heavy atom. The van der Waals surface area contributed by atoms with Crippen LogP contribution in [0.25, 0.3) is 0 Å². The van der Waals surface area contributed by atoms with Gasteiger partial charge in [-0.05, 0) is 36.4 Å². The number of carbonyl (C=O) groups is 2. The Balaban J connectivity index is 1.66. The van der Waals surface area contributed by atoms with Crippen LogP contribution < -0.4 is 5.32 Å². The van der Waals surface area contributed by atoms with Gasteiger partial charge < -0.3 is 19.9 Å². The number of anilines is 2. The molecule has 0 bridgehead atoms. The second kappa shape index (κ2) is 10.4. The standard InChI is InChI=1S/C21H23F2N3O3S/c1-29-14-19(27)25-10-12-26(13-11-25)20(28)17-4-2-3-5-18(17)24-15-6-8-16(9-7-15)30-21(22)23/h2-9,21,24H,10-14H2,1H3. The lowest BCUT2D eigenvalue weighted by Gasteiger charge is -2.35. The second-order valence-corrected chi connectivity index (χ2v) is 7.74. The van der Waals surface area contributed by atoms with E-state index < -0.39 is 5.76 Å². The number of benzene rings is 2. The molecule has 1 N–H and O–H groups in total. The largest absolute Gasteiger partial charge is 0.375 e. The highest BCUT2D eigenvalue weighted by atomic mass is 32.2. The van der Waals surface area contributed by atoms with E-state index in [1.165, 1.54) is 7.11 Å². The maximum Gasteiger partial charge on any atom is 0.288 e. The lowest BCUT2D eigenvalue weighted by molar-refractivity contribution is -0.136. The number of amides is 2. The molecule has 2 amide bonds. The molecular weight excluding hydrogens is 412 g/mol. The minimum absolute atomic E-state index is 0.0370. The highest BCUT2D eigenvalue weighted by molar-refractivity contribution is 7.99. The lowest BCUT2D eigenvalue weighted by Crippen LogP contribution is -2.51. The maximum absolute atomic E-state index is 13.1. The molecule has 2 aromatic rings. The number of nitrogens with zero attached hydrogens (tertiary/aromatic N) is 2. The summed E-state index contributed by atoms with van der Waals surface area (Å²) < 4.78 is 29.8. The van der Waals surface area contributed by atoms with Gasteiger partial charge in [0.15, 0.2) is 0 Å². The third kappa shape index (κ3) is 5.70. The van der Waals surface area contributed by atoms with E-state index in [4.69, 9.17) is 4.74 Å². The van der Waals surface area contributed by atoms with Crippen LogP contribution in [0.4, 0.5) is 20.2 Å². The van der Waals surface area contributed by atoms with Crippen molar-refractivity contribution >= 4 is 35.0 Å². The fourth-order valence-corrected chi connectivity index (χ4v) is 3.70. The zero-order chi connectivity index (χ0) is 21.5. The maximum atomic E-state index is 13.1. The topological polar surface area (TPSA) is 61.9 Å². The van der Waals surface area contributed by atoms with Gasteiger partial charge >= 0.3 is 0 Å². The molecule has 30 heavy (non-hydrogen) atoms. The average Bonchev–Trinajstić information content (AvgIpc) is 2.75. The number of carbonyl (C=O) groups excluding carboxylic acids is 2. The molecule has 1 saturated heterocycles.